The summed E-state index contributed by atoms with van der Waals surface area (Å²) >= 11 is 1.59. The first-order valence-corrected chi connectivity index (χ1v) is 12.2. The van der Waals surface area contributed by atoms with Gasteiger partial charge in [0.15, 0.2) is 0 Å². The van der Waals surface area contributed by atoms with Gasteiger partial charge in [-0.2, -0.15) is 0 Å². The molecule has 0 unspecified atom stereocenters. The lowest BCUT2D eigenvalue weighted by Gasteiger charge is -2.11. The van der Waals surface area contributed by atoms with Gasteiger partial charge in [0.05, 0.1) is 18.5 Å². The van der Waals surface area contributed by atoms with E-state index in [9.17, 15) is 9.59 Å². The summed E-state index contributed by atoms with van der Waals surface area (Å²) in [5, 5.41) is 7.87. The lowest BCUT2D eigenvalue weighted by atomic mass is 10.0. The maximum absolute atomic E-state index is 13.2. The van der Waals surface area contributed by atoms with Crippen LogP contribution in [0.2, 0.25) is 0 Å². The first-order chi connectivity index (χ1) is 17.4. The van der Waals surface area contributed by atoms with Crippen LogP contribution in [0.15, 0.2) is 84.2 Å². The summed E-state index contributed by atoms with van der Waals surface area (Å²) in [6.07, 6.45) is 1.90. The van der Waals surface area contributed by atoms with Crippen LogP contribution in [0.1, 0.15) is 31.9 Å². The smallest absolute Gasteiger partial charge is 0.255 e. The molecular formula is C29H27N3O3S. The number of carbonyl (C=O) groups excluding carboxylic acids is 2. The number of methoxy groups -OCH3 is 1. The zero-order valence-electron chi connectivity index (χ0n) is 20.1. The Kier molecular flexibility index (Phi) is 7.82. The van der Waals surface area contributed by atoms with Crippen molar-refractivity contribution in [3.05, 3.63) is 111 Å². The van der Waals surface area contributed by atoms with Gasteiger partial charge in [0, 0.05) is 22.6 Å². The van der Waals surface area contributed by atoms with E-state index in [4.69, 9.17) is 10.5 Å². The lowest BCUT2D eigenvalue weighted by Crippen LogP contribution is -2.24. The average Bonchev–Trinajstić information content (AvgIpc) is 3.32. The van der Waals surface area contributed by atoms with Crippen molar-refractivity contribution in [1.82, 2.24) is 5.32 Å². The SMILES string of the molecule is COc1ccc(C(=Cc2cc(C)cs2)C(=O)NCc2ccc(C(=O)Nc3ccccc3N)cc2)cc1. The Hall–Kier alpha value is -4.36. The molecule has 2 amide bonds. The van der Waals surface area contributed by atoms with Crippen molar-refractivity contribution in [2.75, 3.05) is 18.2 Å². The quantitative estimate of drug-likeness (QED) is 0.213. The molecule has 4 rings (SSSR count). The van der Waals surface area contributed by atoms with Crippen molar-refractivity contribution >= 4 is 46.2 Å². The Morgan fingerprint density at radius 3 is 2.31 bits per heavy atom. The number of anilines is 2. The summed E-state index contributed by atoms with van der Waals surface area (Å²) in [4.78, 5) is 26.8. The van der Waals surface area contributed by atoms with E-state index in [0.29, 0.717) is 29.1 Å². The van der Waals surface area contributed by atoms with Crippen LogP contribution < -0.4 is 21.1 Å². The molecule has 0 radical (unpaired) electrons. The fourth-order valence-corrected chi connectivity index (χ4v) is 4.41. The van der Waals surface area contributed by atoms with Crippen molar-refractivity contribution in [3.8, 4) is 5.75 Å². The van der Waals surface area contributed by atoms with Crippen molar-refractivity contribution < 1.29 is 14.3 Å². The van der Waals surface area contributed by atoms with Gasteiger partial charge < -0.3 is 21.1 Å². The van der Waals surface area contributed by atoms with E-state index < -0.39 is 0 Å². The van der Waals surface area contributed by atoms with E-state index in [1.54, 1.807) is 42.7 Å². The number of para-hydroxylation sites is 2. The largest absolute Gasteiger partial charge is 0.497 e. The molecule has 0 aliphatic carbocycles. The number of hydrogen-bond acceptors (Lipinski definition) is 5. The summed E-state index contributed by atoms with van der Waals surface area (Å²) in [6, 6.07) is 23.7. The number of hydrogen-bond donors (Lipinski definition) is 3. The Bertz CT molecular complexity index is 1390. The highest BCUT2D eigenvalue weighted by Crippen LogP contribution is 2.25. The molecule has 0 saturated carbocycles. The van der Waals surface area contributed by atoms with Gasteiger partial charge in [-0.1, -0.05) is 36.4 Å². The number of nitrogens with two attached hydrogens (primary N) is 1. The van der Waals surface area contributed by atoms with Gasteiger partial charge in [0.1, 0.15) is 5.75 Å². The number of rotatable bonds is 8. The number of benzene rings is 3. The molecule has 0 atom stereocenters. The highest BCUT2D eigenvalue weighted by atomic mass is 32.1. The fourth-order valence-electron chi connectivity index (χ4n) is 3.58. The zero-order chi connectivity index (χ0) is 25.5. The van der Waals surface area contributed by atoms with Gasteiger partial charge in [-0.3, -0.25) is 9.59 Å². The summed E-state index contributed by atoms with van der Waals surface area (Å²) in [7, 11) is 1.61. The first-order valence-electron chi connectivity index (χ1n) is 11.4. The number of aryl methyl sites for hydroxylation is 1. The molecule has 6 nitrogen and oxygen atoms in total. The second-order valence-electron chi connectivity index (χ2n) is 8.23. The van der Waals surface area contributed by atoms with Crippen LogP contribution in [-0.4, -0.2) is 18.9 Å². The highest BCUT2D eigenvalue weighted by Gasteiger charge is 2.14. The molecule has 0 spiro atoms. The summed E-state index contributed by atoms with van der Waals surface area (Å²) in [6.45, 7) is 2.35. The summed E-state index contributed by atoms with van der Waals surface area (Å²) in [5.41, 5.74) is 10.9. The van der Waals surface area contributed by atoms with Crippen LogP contribution in [0.5, 0.6) is 5.75 Å². The molecule has 4 aromatic rings. The van der Waals surface area contributed by atoms with Crippen LogP contribution in [0, 0.1) is 6.92 Å². The highest BCUT2D eigenvalue weighted by molar-refractivity contribution is 7.11. The van der Waals surface area contributed by atoms with E-state index in [-0.39, 0.29) is 11.8 Å². The van der Waals surface area contributed by atoms with E-state index in [0.717, 1.165) is 27.3 Å². The molecule has 7 heteroatoms. The van der Waals surface area contributed by atoms with Crippen LogP contribution >= 0.6 is 11.3 Å². The number of nitrogen functional groups attached to an aromatic ring is 1. The van der Waals surface area contributed by atoms with Crippen LogP contribution in [0.4, 0.5) is 11.4 Å². The Labute approximate surface area is 214 Å². The molecule has 0 aliphatic heterocycles. The third kappa shape index (κ3) is 6.20. The van der Waals surface area contributed by atoms with Gasteiger partial charge in [0.2, 0.25) is 0 Å². The zero-order valence-corrected chi connectivity index (χ0v) is 20.9. The molecule has 1 aromatic heterocycles. The minimum absolute atomic E-state index is 0.187. The molecule has 1 heterocycles. The predicted octanol–water partition coefficient (Wildman–Crippen LogP) is 5.76. The van der Waals surface area contributed by atoms with Crippen LogP contribution in [0.3, 0.4) is 0 Å². The number of nitrogens with one attached hydrogen (secondary N) is 2. The summed E-state index contributed by atoms with van der Waals surface area (Å²) < 4.78 is 5.25. The molecule has 0 fully saturated rings. The number of amides is 2. The maximum Gasteiger partial charge on any atom is 0.255 e. The van der Waals surface area contributed by atoms with Crippen molar-refractivity contribution in [1.29, 1.82) is 0 Å². The van der Waals surface area contributed by atoms with Gasteiger partial charge in [0.25, 0.3) is 11.8 Å². The molecule has 0 aliphatic rings. The number of carbonyl (C=O) groups is 2. The van der Waals surface area contributed by atoms with Crippen LogP contribution in [-0.2, 0) is 11.3 Å². The Morgan fingerprint density at radius 1 is 0.972 bits per heavy atom. The van der Waals surface area contributed by atoms with Crippen molar-refractivity contribution in [2.45, 2.75) is 13.5 Å². The number of ether oxygens (including phenoxy) is 1. The van der Waals surface area contributed by atoms with Crippen molar-refractivity contribution in [3.63, 3.8) is 0 Å². The molecule has 182 valence electrons. The first kappa shape index (κ1) is 24.8. The van der Waals surface area contributed by atoms with E-state index >= 15 is 0 Å². The normalized spacial score (nSPS) is 11.1. The minimum Gasteiger partial charge on any atom is -0.497 e. The Morgan fingerprint density at radius 2 is 1.67 bits per heavy atom. The molecule has 0 saturated heterocycles. The summed E-state index contributed by atoms with van der Waals surface area (Å²) in [5.74, 6) is 0.289. The average molecular weight is 498 g/mol. The Balaban J connectivity index is 1.45. The monoisotopic (exact) mass is 497 g/mol. The minimum atomic E-state index is -0.251. The topological polar surface area (TPSA) is 93.4 Å². The third-order valence-electron chi connectivity index (χ3n) is 5.56. The molecule has 3 aromatic carbocycles. The molecule has 36 heavy (non-hydrogen) atoms. The predicted molar refractivity (Wildman–Crippen MR) is 147 cm³/mol. The van der Waals surface area contributed by atoms with E-state index in [1.165, 1.54) is 0 Å². The van der Waals surface area contributed by atoms with Gasteiger partial charge in [-0.05, 0) is 77.5 Å². The van der Waals surface area contributed by atoms with E-state index in [1.807, 2.05) is 67.6 Å². The molecular weight excluding hydrogens is 470 g/mol. The third-order valence-corrected chi connectivity index (χ3v) is 6.56. The number of thiophene rings is 1. The maximum atomic E-state index is 13.2. The molecule has 0 bridgehead atoms. The van der Waals surface area contributed by atoms with Crippen LogP contribution in [0.25, 0.3) is 11.6 Å². The second kappa shape index (κ2) is 11.4. The van der Waals surface area contributed by atoms with E-state index in [2.05, 4.69) is 16.0 Å². The fraction of sp³-hybridized carbons (Fsp3) is 0.103. The standard InChI is InChI=1S/C29H27N3O3S/c1-19-15-24(36-18-19)16-25(21-11-13-23(35-2)14-12-21)29(34)31-17-20-7-9-22(10-8-20)28(33)32-27-6-4-3-5-26(27)30/h3-16,18H,17,30H2,1-2H3,(H,31,34)(H,32,33). The van der Waals surface area contributed by atoms with Gasteiger partial charge >= 0.3 is 0 Å². The van der Waals surface area contributed by atoms with Gasteiger partial charge in [-0.15, -0.1) is 11.3 Å². The van der Waals surface area contributed by atoms with Gasteiger partial charge in [-0.25, -0.2) is 0 Å². The molecule has 4 N–H and O–H groups in total. The lowest BCUT2D eigenvalue weighted by molar-refractivity contribution is -0.115. The second-order valence-corrected chi connectivity index (χ2v) is 9.18. The van der Waals surface area contributed by atoms with Crippen molar-refractivity contribution in [2.24, 2.45) is 0 Å².